The third-order valence-electron chi connectivity index (χ3n) is 2.97. The number of carbonyl (C=O) groups is 1. The number of hydrogen-bond donors (Lipinski definition) is 2. The fraction of sp³-hybridized carbons (Fsp3) is 0.167. The molecule has 0 unspecified atom stereocenters. The molecule has 106 valence electrons. The molecule has 0 saturated heterocycles. The highest BCUT2D eigenvalue weighted by atomic mass is 16.2. The number of aliphatic hydroxyl groups excluding tert-OH is 1. The summed E-state index contributed by atoms with van der Waals surface area (Å²) in [5.74, 6) is 5.22. The molecule has 0 heterocycles. The summed E-state index contributed by atoms with van der Waals surface area (Å²) in [7, 11) is 0. The second-order valence-electron chi connectivity index (χ2n) is 4.71. The highest BCUT2D eigenvalue weighted by Gasteiger charge is 2.05. The van der Waals surface area contributed by atoms with Gasteiger partial charge >= 0.3 is 0 Å². The van der Waals surface area contributed by atoms with Crippen molar-refractivity contribution in [2.75, 3.05) is 6.61 Å². The van der Waals surface area contributed by atoms with Crippen molar-refractivity contribution in [3.63, 3.8) is 0 Å². The van der Waals surface area contributed by atoms with E-state index in [-0.39, 0.29) is 12.5 Å². The number of rotatable bonds is 3. The lowest BCUT2D eigenvalue weighted by Gasteiger charge is -2.06. The molecule has 3 heteroatoms. The molecule has 2 N–H and O–H groups in total. The molecule has 0 bridgehead atoms. The van der Waals surface area contributed by atoms with E-state index >= 15 is 0 Å². The molecule has 0 aliphatic rings. The highest BCUT2D eigenvalue weighted by molar-refractivity contribution is 5.94. The summed E-state index contributed by atoms with van der Waals surface area (Å²) in [4.78, 5) is 12.1. The first-order valence-corrected chi connectivity index (χ1v) is 6.72. The van der Waals surface area contributed by atoms with E-state index in [0.717, 1.165) is 5.56 Å². The lowest BCUT2D eigenvalue weighted by Crippen LogP contribution is -2.22. The molecule has 21 heavy (non-hydrogen) atoms. The number of aryl methyl sites for hydroxylation is 1. The minimum atomic E-state index is -0.191. The summed E-state index contributed by atoms with van der Waals surface area (Å²) >= 11 is 0. The summed E-state index contributed by atoms with van der Waals surface area (Å²) in [6, 6.07) is 15.1. The molecule has 2 rings (SSSR count). The van der Waals surface area contributed by atoms with Gasteiger partial charge in [-0.1, -0.05) is 47.7 Å². The molecule has 0 spiro atoms. The Bertz CT molecular complexity index is 696. The maximum absolute atomic E-state index is 12.1. The SMILES string of the molecule is Cc1cccc(CNC(=O)c2cccc(C#CCO)c2)c1. The molecular formula is C18H17NO2. The van der Waals surface area contributed by atoms with Gasteiger partial charge in [0.05, 0.1) is 0 Å². The van der Waals surface area contributed by atoms with Gasteiger partial charge < -0.3 is 10.4 Å². The number of nitrogens with one attached hydrogen (secondary N) is 1. The molecule has 2 aromatic rings. The smallest absolute Gasteiger partial charge is 0.251 e. The Morgan fingerprint density at radius 1 is 1.19 bits per heavy atom. The van der Waals surface area contributed by atoms with Crippen LogP contribution in [0.25, 0.3) is 0 Å². The molecule has 0 aliphatic carbocycles. The Hall–Kier alpha value is -2.57. The predicted molar refractivity (Wildman–Crippen MR) is 82.8 cm³/mol. The molecule has 0 radical (unpaired) electrons. The molecule has 0 aliphatic heterocycles. The maximum Gasteiger partial charge on any atom is 0.251 e. The number of carbonyl (C=O) groups excluding carboxylic acids is 1. The van der Waals surface area contributed by atoms with Crippen molar-refractivity contribution in [1.29, 1.82) is 0 Å². The van der Waals surface area contributed by atoms with Crippen LogP contribution in [0.5, 0.6) is 0 Å². The number of hydrogen-bond acceptors (Lipinski definition) is 2. The van der Waals surface area contributed by atoms with Crippen molar-refractivity contribution < 1.29 is 9.90 Å². The summed E-state index contributed by atoms with van der Waals surface area (Å²) < 4.78 is 0. The van der Waals surface area contributed by atoms with E-state index in [2.05, 4.69) is 17.2 Å². The van der Waals surface area contributed by atoms with Crippen LogP contribution in [-0.2, 0) is 6.54 Å². The first-order chi connectivity index (χ1) is 10.2. The predicted octanol–water partition coefficient (Wildman–Crippen LogP) is 2.27. The van der Waals surface area contributed by atoms with Crippen LogP contribution in [0.3, 0.4) is 0 Å². The Labute approximate surface area is 124 Å². The minimum absolute atomic E-state index is 0.135. The van der Waals surface area contributed by atoms with E-state index in [1.807, 2.05) is 31.2 Å². The first-order valence-electron chi connectivity index (χ1n) is 6.72. The molecule has 0 aromatic heterocycles. The average Bonchev–Trinajstić information content (AvgIpc) is 2.51. The van der Waals surface area contributed by atoms with Crippen molar-refractivity contribution in [3.05, 3.63) is 70.8 Å². The van der Waals surface area contributed by atoms with Crippen molar-refractivity contribution >= 4 is 5.91 Å². The summed E-state index contributed by atoms with van der Waals surface area (Å²) in [6.45, 7) is 2.32. The lowest BCUT2D eigenvalue weighted by atomic mass is 10.1. The van der Waals surface area contributed by atoms with Crippen LogP contribution < -0.4 is 5.32 Å². The zero-order valence-electron chi connectivity index (χ0n) is 11.9. The van der Waals surface area contributed by atoms with Gasteiger partial charge in [-0.3, -0.25) is 4.79 Å². The number of benzene rings is 2. The summed E-state index contributed by atoms with van der Waals surface area (Å²) in [5.41, 5.74) is 3.52. The second kappa shape index (κ2) is 7.28. The highest BCUT2D eigenvalue weighted by Crippen LogP contribution is 2.06. The number of aliphatic hydroxyl groups is 1. The number of amides is 1. The van der Waals surface area contributed by atoms with Gasteiger partial charge in [0.15, 0.2) is 0 Å². The van der Waals surface area contributed by atoms with Crippen LogP contribution in [0.4, 0.5) is 0 Å². The molecule has 1 amide bonds. The van der Waals surface area contributed by atoms with E-state index in [9.17, 15) is 4.79 Å². The van der Waals surface area contributed by atoms with E-state index < -0.39 is 0 Å². The van der Waals surface area contributed by atoms with Crippen molar-refractivity contribution in [2.45, 2.75) is 13.5 Å². The molecule has 3 nitrogen and oxygen atoms in total. The van der Waals surface area contributed by atoms with Gasteiger partial charge in [-0.15, -0.1) is 0 Å². The maximum atomic E-state index is 12.1. The Balaban J connectivity index is 2.03. The van der Waals surface area contributed by atoms with E-state index in [4.69, 9.17) is 5.11 Å². The third-order valence-corrected chi connectivity index (χ3v) is 2.97. The average molecular weight is 279 g/mol. The normalized spacial score (nSPS) is 9.62. The van der Waals surface area contributed by atoms with Gasteiger partial charge in [0.25, 0.3) is 5.91 Å². The first kappa shape index (κ1) is 14.8. The van der Waals surface area contributed by atoms with Crippen LogP contribution >= 0.6 is 0 Å². The molecule has 0 fully saturated rings. The fourth-order valence-corrected chi connectivity index (χ4v) is 1.99. The van der Waals surface area contributed by atoms with Gasteiger partial charge in [0.1, 0.15) is 6.61 Å². The van der Waals surface area contributed by atoms with Gasteiger partial charge in [0.2, 0.25) is 0 Å². The third kappa shape index (κ3) is 4.48. The zero-order valence-corrected chi connectivity index (χ0v) is 11.9. The molecule has 0 saturated carbocycles. The van der Waals surface area contributed by atoms with E-state index in [1.54, 1.807) is 24.3 Å². The zero-order chi connectivity index (χ0) is 15.1. The quantitative estimate of drug-likeness (QED) is 0.847. The standard InChI is InChI=1S/C18H17NO2/c1-14-5-2-7-16(11-14)13-19-18(21)17-9-3-6-15(12-17)8-4-10-20/h2-3,5-7,9,11-12,20H,10,13H2,1H3,(H,19,21). The lowest BCUT2D eigenvalue weighted by molar-refractivity contribution is 0.0951. The topological polar surface area (TPSA) is 49.3 Å². The van der Waals surface area contributed by atoms with Crippen LogP contribution in [0, 0.1) is 18.8 Å². The van der Waals surface area contributed by atoms with Crippen molar-refractivity contribution in [3.8, 4) is 11.8 Å². The van der Waals surface area contributed by atoms with E-state index in [1.165, 1.54) is 5.56 Å². The molecule has 0 atom stereocenters. The monoisotopic (exact) mass is 279 g/mol. The Kier molecular flexibility index (Phi) is 5.14. The fourth-order valence-electron chi connectivity index (χ4n) is 1.99. The van der Waals surface area contributed by atoms with Gasteiger partial charge in [-0.2, -0.15) is 0 Å². The van der Waals surface area contributed by atoms with Gasteiger partial charge in [0, 0.05) is 17.7 Å². The molecule has 2 aromatic carbocycles. The van der Waals surface area contributed by atoms with Crippen molar-refractivity contribution in [1.82, 2.24) is 5.32 Å². The molecular weight excluding hydrogens is 262 g/mol. The largest absolute Gasteiger partial charge is 0.384 e. The minimum Gasteiger partial charge on any atom is -0.384 e. The summed E-state index contributed by atoms with van der Waals surface area (Å²) in [5, 5.41) is 11.6. The van der Waals surface area contributed by atoms with Crippen LogP contribution in [0.1, 0.15) is 27.0 Å². The van der Waals surface area contributed by atoms with Gasteiger partial charge in [-0.25, -0.2) is 0 Å². The summed E-state index contributed by atoms with van der Waals surface area (Å²) in [6.07, 6.45) is 0. The Morgan fingerprint density at radius 3 is 2.76 bits per heavy atom. The van der Waals surface area contributed by atoms with Gasteiger partial charge in [-0.05, 0) is 30.7 Å². The Morgan fingerprint density at radius 2 is 2.00 bits per heavy atom. The van der Waals surface area contributed by atoms with Crippen LogP contribution in [-0.4, -0.2) is 17.6 Å². The van der Waals surface area contributed by atoms with Crippen LogP contribution in [0.2, 0.25) is 0 Å². The van der Waals surface area contributed by atoms with Crippen LogP contribution in [0.15, 0.2) is 48.5 Å². The van der Waals surface area contributed by atoms with Crippen molar-refractivity contribution in [2.24, 2.45) is 0 Å². The second-order valence-corrected chi connectivity index (χ2v) is 4.71. The van der Waals surface area contributed by atoms with E-state index in [0.29, 0.717) is 17.7 Å².